The average molecular weight is 169 g/mol. The van der Waals surface area contributed by atoms with Crippen molar-refractivity contribution in [3.8, 4) is 0 Å². The van der Waals surface area contributed by atoms with E-state index >= 15 is 0 Å². The van der Waals surface area contributed by atoms with Gasteiger partial charge in [0.2, 0.25) is 0 Å². The summed E-state index contributed by atoms with van der Waals surface area (Å²) < 4.78 is 0. The summed E-state index contributed by atoms with van der Waals surface area (Å²) >= 11 is 0. The SMILES string of the molecule is C/C=C/C[Si](C)(C)CN1CC1. The maximum Gasteiger partial charge on any atom is 0.0666 e. The molecular formula is C9H19NSi. The highest BCUT2D eigenvalue weighted by Gasteiger charge is 2.27. The van der Waals surface area contributed by atoms with Crippen LogP contribution in [0.5, 0.6) is 0 Å². The van der Waals surface area contributed by atoms with Gasteiger partial charge in [-0.2, -0.15) is 0 Å². The summed E-state index contributed by atoms with van der Waals surface area (Å²) in [5.41, 5.74) is 0. The van der Waals surface area contributed by atoms with Crippen LogP contribution in [0.15, 0.2) is 12.2 Å². The Bertz CT molecular complexity index is 148. The molecule has 0 aromatic carbocycles. The first-order valence-electron chi connectivity index (χ1n) is 4.47. The zero-order valence-electron chi connectivity index (χ0n) is 7.93. The maximum atomic E-state index is 2.55. The van der Waals surface area contributed by atoms with Gasteiger partial charge in [0, 0.05) is 13.1 Å². The van der Waals surface area contributed by atoms with Crippen molar-refractivity contribution in [3.05, 3.63) is 12.2 Å². The van der Waals surface area contributed by atoms with Crippen molar-refractivity contribution in [1.82, 2.24) is 4.90 Å². The predicted molar refractivity (Wildman–Crippen MR) is 53.5 cm³/mol. The van der Waals surface area contributed by atoms with Crippen molar-refractivity contribution in [3.63, 3.8) is 0 Å². The molecule has 1 heterocycles. The lowest BCUT2D eigenvalue weighted by Gasteiger charge is -2.20. The average Bonchev–Trinajstić information content (AvgIpc) is 2.67. The van der Waals surface area contributed by atoms with Crippen LogP contribution in [0.3, 0.4) is 0 Å². The van der Waals surface area contributed by atoms with Gasteiger partial charge >= 0.3 is 0 Å². The fourth-order valence-corrected chi connectivity index (χ4v) is 3.87. The van der Waals surface area contributed by atoms with E-state index < -0.39 is 8.07 Å². The van der Waals surface area contributed by atoms with E-state index in [2.05, 4.69) is 37.1 Å². The van der Waals surface area contributed by atoms with E-state index in [0.29, 0.717) is 0 Å². The Balaban J connectivity index is 2.24. The third-order valence-corrected chi connectivity index (χ3v) is 4.74. The minimum absolute atomic E-state index is 0.886. The molecule has 11 heavy (non-hydrogen) atoms. The van der Waals surface area contributed by atoms with Gasteiger partial charge in [-0.3, -0.25) is 0 Å². The van der Waals surface area contributed by atoms with Crippen LogP contribution in [0.1, 0.15) is 6.92 Å². The summed E-state index contributed by atoms with van der Waals surface area (Å²) in [5, 5.41) is 0. The summed E-state index contributed by atoms with van der Waals surface area (Å²) in [7, 11) is -0.886. The highest BCUT2D eigenvalue weighted by Crippen LogP contribution is 2.16. The van der Waals surface area contributed by atoms with Crippen LogP contribution < -0.4 is 0 Å². The van der Waals surface area contributed by atoms with E-state index in [9.17, 15) is 0 Å². The highest BCUT2D eigenvalue weighted by atomic mass is 28.3. The van der Waals surface area contributed by atoms with E-state index in [1.54, 1.807) is 0 Å². The topological polar surface area (TPSA) is 3.01 Å². The molecule has 1 nitrogen and oxygen atoms in total. The van der Waals surface area contributed by atoms with E-state index in [-0.39, 0.29) is 0 Å². The summed E-state index contributed by atoms with van der Waals surface area (Å²) in [4.78, 5) is 2.55. The van der Waals surface area contributed by atoms with Crippen molar-refractivity contribution in [2.45, 2.75) is 26.1 Å². The molecule has 0 aromatic heterocycles. The molecule has 0 aromatic rings. The van der Waals surface area contributed by atoms with E-state index in [1.807, 2.05) is 0 Å². The fraction of sp³-hybridized carbons (Fsp3) is 0.778. The number of rotatable bonds is 4. The Hall–Kier alpha value is -0.0831. The molecule has 0 amide bonds. The Morgan fingerprint density at radius 2 is 2.00 bits per heavy atom. The van der Waals surface area contributed by atoms with Gasteiger partial charge in [0.05, 0.1) is 8.07 Å². The third kappa shape index (κ3) is 3.73. The van der Waals surface area contributed by atoms with Crippen LogP contribution in [0, 0.1) is 0 Å². The predicted octanol–water partition coefficient (Wildman–Crippen LogP) is 2.13. The van der Waals surface area contributed by atoms with Crippen LogP contribution in [0.4, 0.5) is 0 Å². The number of nitrogens with zero attached hydrogens (tertiary/aromatic N) is 1. The van der Waals surface area contributed by atoms with Crippen molar-refractivity contribution >= 4 is 8.07 Å². The molecule has 0 radical (unpaired) electrons. The molecule has 1 rings (SSSR count). The van der Waals surface area contributed by atoms with Crippen molar-refractivity contribution in [2.24, 2.45) is 0 Å². The van der Waals surface area contributed by atoms with Crippen LogP contribution >= 0.6 is 0 Å². The Morgan fingerprint density at radius 3 is 2.45 bits per heavy atom. The van der Waals surface area contributed by atoms with Gasteiger partial charge in [0.25, 0.3) is 0 Å². The van der Waals surface area contributed by atoms with E-state index in [1.165, 1.54) is 25.3 Å². The zero-order valence-corrected chi connectivity index (χ0v) is 8.93. The normalized spacial score (nSPS) is 19.5. The Kier molecular flexibility index (Phi) is 2.90. The second kappa shape index (κ2) is 3.54. The summed E-state index contributed by atoms with van der Waals surface area (Å²) in [6, 6.07) is 1.35. The molecular weight excluding hydrogens is 150 g/mol. The van der Waals surface area contributed by atoms with Crippen LogP contribution in [0.25, 0.3) is 0 Å². The minimum Gasteiger partial charge on any atom is -0.304 e. The molecule has 0 spiro atoms. The van der Waals surface area contributed by atoms with Gasteiger partial charge in [-0.05, 0) is 19.1 Å². The van der Waals surface area contributed by atoms with Gasteiger partial charge < -0.3 is 4.90 Å². The van der Waals surface area contributed by atoms with Gasteiger partial charge in [-0.15, -0.1) is 0 Å². The quantitative estimate of drug-likeness (QED) is 0.354. The second-order valence-corrected chi connectivity index (χ2v) is 9.27. The largest absolute Gasteiger partial charge is 0.304 e. The number of hydrogen-bond donors (Lipinski definition) is 0. The lowest BCUT2D eigenvalue weighted by atomic mass is 10.6. The Labute approximate surface area is 71.1 Å². The lowest BCUT2D eigenvalue weighted by molar-refractivity contribution is 0.647. The fourth-order valence-electron chi connectivity index (χ4n) is 1.34. The van der Waals surface area contributed by atoms with Crippen LogP contribution in [-0.4, -0.2) is 32.2 Å². The molecule has 1 saturated heterocycles. The van der Waals surface area contributed by atoms with Gasteiger partial charge in [-0.25, -0.2) is 0 Å². The first-order valence-corrected chi connectivity index (χ1v) is 7.89. The standard InChI is InChI=1S/C9H19NSi/c1-4-5-8-11(2,3)9-10-6-7-10/h4-5H,6-9H2,1-3H3/b5-4+. The minimum atomic E-state index is -0.886. The Morgan fingerprint density at radius 1 is 1.36 bits per heavy atom. The van der Waals surface area contributed by atoms with Gasteiger partial charge in [0.1, 0.15) is 0 Å². The van der Waals surface area contributed by atoms with Crippen LogP contribution in [0.2, 0.25) is 19.1 Å². The molecule has 2 heteroatoms. The molecule has 0 unspecified atom stereocenters. The molecule has 64 valence electrons. The second-order valence-electron chi connectivity index (χ2n) is 4.21. The van der Waals surface area contributed by atoms with Crippen molar-refractivity contribution in [1.29, 1.82) is 0 Å². The first-order chi connectivity index (χ1) is 5.14. The molecule has 0 N–H and O–H groups in total. The molecule has 0 aliphatic carbocycles. The number of hydrogen-bond acceptors (Lipinski definition) is 1. The van der Waals surface area contributed by atoms with E-state index in [0.717, 1.165) is 0 Å². The number of allylic oxidation sites excluding steroid dienone is 2. The van der Waals surface area contributed by atoms with Crippen molar-refractivity contribution < 1.29 is 0 Å². The molecule has 1 aliphatic rings. The maximum absolute atomic E-state index is 2.55. The summed E-state index contributed by atoms with van der Waals surface area (Å²) in [6.07, 6.45) is 5.91. The van der Waals surface area contributed by atoms with Gasteiger partial charge in [-0.1, -0.05) is 25.2 Å². The highest BCUT2D eigenvalue weighted by molar-refractivity contribution is 6.78. The smallest absolute Gasteiger partial charge is 0.0666 e. The zero-order chi connectivity index (χ0) is 8.32. The van der Waals surface area contributed by atoms with Gasteiger partial charge in [0.15, 0.2) is 0 Å². The van der Waals surface area contributed by atoms with E-state index in [4.69, 9.17) is 0 Å². The summed E-state index contributed by atoms with van der Waals surface area (Å²) in [5.74, 6) is 0. The molecule has 1 fully saturated rings. The third-order valence-electron chi connectivity index (χ3n) is 2.10. The monoisotopic (exact) mass is 169 g/mol. The summed E-state index contributed by atoms with van der Waals surface area (Å²) in [6.45, 7) is 9.77. The molecule has 0 bridgehead atoms. The van der Waals surface area contributed by atoms with Crippen LogP contribution in [-0.2, 0) is 0 Å². The molecule has 1 aliphatic heterocycles. The van der Waals surface area contributed by atoms with Crippen molar-refractivity contribution in [2.75, 3.05) is 19.3 Å². The molecule has 0 saturated carbocycles. The molecule has 0 atom stereocenters. The first kappa shape index (κ1) is 9.01. The lowest BCUT2D eigenvalue weighted by Crippen LogP contribution is -2.34.